The number of piperidine rings is 1. The van der Waals surface area contributed by atoms with Gasteiger partial charge in [0.05, 0.1) is 33.0 Å². The molecule has 3 heterocycles. The molecule has 0 N–H and O–H groups in total. The van der Waals surface area contributed by atoms with Gasteiger partial charge in [0, 0.05) is 18.9 Å². The Morgan fingerprint density at radius 2 is 1.39 bits per heavy atom. The van der Waals surface area contributed by atoms with Crippen molar-refractivity contribution in [3.05, 3.63) is 32.7 Å². The third-order valence-electron chi connectivity index (χ3n) is 4.92. The summed E-state index contributed by atoms with van der Waals surface area (Å²) in [6.07, 6.45) is -7.11. The molecule has 0 aromatic carbocycles. The zero-order valence-corrected chi connectivity index (χ0v) is 20.7. The first-order chi connectivity index (χ1) is 15.0. The van der Waals surface area contributed by atoms with Gasteiger partial charge in [-0.1, -0.05) is 0 Å². The van der Waals surface area contributed by atoms with Crippen LogP contribution in [0.1, 0.15) is 50.7 Å². The normalized spacial score (nSPS) is 20.8. The molecule has 0 radical (unpaired) electrons. The number of aromatic nitrogens is 4. The van der Waals surface area contributed by atoms with Crippen LogP contribution in [0.5, 0.6) is 0 Å². The number of hydroxylamine groups is 2. The van der Waals surface area contributed by atoms with Gasteiger partial charge in [0.25, 0.3) is 0 Å². The summed E-state index contributed by atoms with van der Waals surface area (Å²) >= 11 is 5.68. The molecule has 0 saturated carbocycles. The van der Waals surface area contributed by atoms with Gasteiger partial charge >= 0.3 is 18.3 Å². The molecule has 15 heteroatoms. The predicted octanol–water partition coefficient (Wildman–Crippen LogP) is 5.63. The summed E-state index contributed by atoms with van der Waals surface area (Å²) in [5.74, 6) is -0.557. The molecule has 0 spiro atoms. The average Bonchev–Trinajstić information content (AvgIpc) is 3.23. The van der Waals surface area contributed by atoms with Crippen molar-refractivity contribution in [2.24, 2.45) is 5.41 Å². The Balaban J connectivity index is 1.99. The summed E-state index contributed by atoms with van der Waals surface area (Å²) in [4.78, 5) is 17.7. The number of carbonyl (C=O) groups is 1. The summed E-state index contributed by atoms with van der Waals surface area (Å²) < 4.78 is 81.0. The fraction of sp³-hybridized carbons (Fsp3) is 0.611. The average molecular weight is 611 g/mol. The molecule has 0 aliphatic carbocycles. The summed E-state index contributed by atoms with van der Waals surface area (Å²) in [5.41, 5.74) is -3.16. The first-order valence-corrected chi connectivity index (χ1v) is 11.2. The Labute approximate surface area is 201 Å². The van der Waals surface area contributed by atoms with Crippen molar-refractivity contribution in [2.75, 3.05) is 13.1 Å². The Hall–Kier alpha value is -1.61. The zero-order valence-electron chi connectivity index (χ0n) is 17.5. The molecule has 2 atom stereocenters. The Morgan fingerprint density at radius 3 is 1.79 bits per heavy atom. The lowest BCUT2D eigenvalue weighted by Crippen LogP contribution is -2.45. The lowest BCUT2D eigenvalue weighted by Gasteiger charge is -2.38. The van der Waals surface area contributed by atoms with Crippen LogP contribution in [0.25, 0.3) is 0 Å². The van der Waals surface area contributed by atoms with E-state index in [1.54, 1.807) is 20.8 Å². The second-order valence-corrected chi connectivity index (χ2v) is 10.3. The summed E-state index contributed by atoms with van der Waals surface area (Å²) in [5, 5.41) is 8.53. The number of nitrogens with zero attached hydrogens (tertiary/aromatic N) is 5. The molecule has 33 heavy (non-hydrogen) atoms. The maximum absolute atomic E-state index is 13.3. The van der Waals surface area contributed by atoms with Gasteiger partial charge in [0.1, 0.15) is 0 Å². The molecule has 2 unspecified atom stereocenters. The number of hydrogen-bond acceptors (Lipinski definition) is 5. The molecular formula is C18H19Br2F6N5O2. The molecule has 2 aromatic rings. The fourth-order valence-electron chi connectivity index (χ4n) is 3.26. The van der Waals surface area contributed by atoms with Crippen molar-refractivity contribution < 1.29 is 36.0 Å². The van der Waals surface area contributed by atoms with E-state index in [1.807, 2.05) is 0 Å². The van der Waals surface area contributed by atoms with E-state index in [1.165, 1.54) is 5.06 Å². The minimum atomic E-state index is -4.75. The molecule has 0 bridgehead atoms. The van der Waals surface area contributed by atoms with Crippen LogP contribution in [0.2, 0.25) is 0 Å². The van der Waals surface area contributed by atoms with Crippen LogP contribution in [0.3, 0.4) is 0 Å². The van der Waals surface area contributed by atoms with Crippen LogP contribution in [-0.4, -0.2) is 43.7 Å². The molecule has 1 saturated heterocycles. The lowest BCUT2D eigenvalue weighted by molar-refractivity contribution is -0.210. The van der Waals surface area contributed by atoms with E-state index in [0.717, 1.165) is 21.8 Å². The SMILES string of the molecule is CC(C)(C)C(=O)ON1CCC(n2cc(Br)c(C(F)(F)F)n2)C(n2cc(Br)c(C(F)(F)F)n2)C1. The van der Waals surface area contributed by atoms with E-state index in [2.05, 4.69) is 42.1 Å². The van der Waals surface area contributed by atoms with Crippen LogP contribution < -0.4 is 0 Å². The topological polar surface area (TPSA) is 65.2 Å². The lowest BCUT2D eigenvalue weighted by atomic mass is 9.97. The highest BCUT2D eigenvalue weighted by atomic mass is 79.9. The van der Waals surface area contributed by atoms with Crippen molar-refractivity contribution in [1.29, 1.82) is 0 Å². The number of rotatable bonds is 3. The van der Waals surface area contributed by atoms with Crippen molar-refractivity contribution in [1.82, 2.24) is 24.6 Å². The quantitative estimate of drug-likeness (QED) is 0.421. The van der Waals surface area contributed by atoms with E-state index in [0.29, 0.717) is 0 Å². The van der Waals surface area contributed by atoms with Gasteiger partial charge in [-0.15, -0.1) is 5.06 Å². The van der Waals surface area contributed by atoms with Crippen molar-refractivity contribution >= 4 is 37.8 Å². The molecule has 0 amide bonds. The van der Waals surface area contributed by atoms with Crippen LogP contribution in [-0.2, 0) is 22.0 Å². The first kappa shape index (κ1) is 26.0. The molecule has 3 rings (SSSR count). The largest absolute Gasteiger partial charge is 0.436 e. The highest BCUT2D eigenvalue weighted by molar-refractivity contribution is 9.10. The fourth-order valence-corrected chi connectivity index (χ4v) is 4.29. The maximum atomic E-state index is 13.3. The van der Waals surface area contributed by atoms with E-state index in [-0.39, 0.29) is 28.5 Å². The minimum absolute atomic E-state index is 0.114. The monoisotopic (exact) mass is 609 g/mol. The van der Waals surface area contributed by atoms with Gasteiger partial charge in [-0.3, -0.25) is 9.36 Å². The summed E-state index contributed by atoms with van der Waals surface area (Å²) in [7, 11) is 0. The smallest absolute Gasteiger partial charge is 0.367 e. The Kier molecular flexibility index (Phi) is 6.99. The van der Waals surface area contributed by atoms with E-state index < -0.39 is 47.2 Å². The molecule has 7 nitrogen and oxygen atoms in total. The molecule has 1 aliphatic heterocycles. The summed E-state index contributed by atoms with van der Waals surface area (Å²) in [6, 6.07) is -1.72. The number of carbonyl (C=O) groups excluding carboxylic acids is 1. The van der Waals surface area contributed by atoms with Crippen molar-refractivity contribution in [3.63, 3.8) is 0 Å². The highest BCUT2D eigenvalue weighted by Gasteiger charge is 2.42. The number of halogens is 8. The van der Waals surface area contributed by atoms with E-state index in [9.17, 15) is 31.1 Å². The molecule has 2 aromatic heterocycles. The van der Waals surface area contributed by atoms with E-state index in [4.69, 9.17) is 4.84 Å². The van der Waals surface area contributed by atoms with Gasteiger partial charge in [0.15, 0.2) is 11.4 Å². The van der Waals surface area contributed by atoms with Crippen LogP contribution in [0.4, 0.5) is 26.3 Å². The molecule has 1 aliphatic rings. The number of alkyl halides is 6. The van der Waals surface area contributed by atoms with Crippen molar-refractivity contribution in [2.45, 2.75) is 51.6 Å². The zero-order chi connectivity index (χ0) is 24.9. The minimum Gasteiger partial charge on any atom is -0.367 e. The first-order valence-electron chi connectivity index (χ1n) is 9.59. The van der Waals surface area contributed by atoms with Gasteiger partial charge in [-0.25, -0.2) is 4.79 Å². The van der Waals surface area contributed by atoms with Crippen LogP contribution in [0.15, 0.2) is 21.3 Å². The molecule has 1 fully saturated rings. The summed E-state index contributed by atoms with van der Waals surface area (Å²) in [6.45, 7) is 4.94. The van der Waals surface area contributed by atoms with Crippen LogP contribution >= 0.6 is 31.9 Å². The molecular weight excluding hydrogens is 592 g/mol. The van der Waals surface area contributed by atoms with Gasteiger partial charge in [-0.05, 0) is 59.1 Å². The standard InChI is InChI=1S/C18H19Br2F6N5O2/c1-16(2,3)15(32)33-29-5-4-11(30-6-9(19)13(27-30)17(21,22)23)12(8-29)31-7-10(20)14(28-31)18(24,25)26/h6-7,11-12H,4-5,8H2,1-3H3. The predicted molar refractivity (Wildman–Crippen MR) is 110 cm³/mol. The third-order valence-corrected chi connectivity index (χ3v) is 6.09. The second kappa shape index (κ2) is 8.87. The number of hydrogen-bond donors (Lipinski definition) is 0. The van der Waals surface area contributed by atoms with Gasteiger partial charge in [0.2, 0.25) is 0 Å². The van der Waals surface area contributed by atoms with Gasteiger partial charge < -0.3 is 4.84 Å². The van der Waals surface area contributed by atoms with Gasteiger partial charge in [-0.2, -0.15) is 36.5 Å². The Bertz CT molecular complexity index is 1030. The maximum Gasteiger partial charge on any atom is 0.436 e. The van der Waals surface area contributed by atoms with E-state index >= 15 is 0 Å². The van der Waals surface area contributed by atoms with Crippen LogP contribution in [0, 0.1) is 5.41 Å². The third kappa shape index (κ3) is 5.73. The van der Waals surface area contributed by atoms with Crippen molar-refractivity contribution in [3.8, 4) is 0 Å². The molecule has 184 valence electrons. The Morgan fingerprint density at radius 1 is 0.939 bits per heavy atom. The second-order valence-electron chi connectivity index (χ2n) is 8.55. The highest BCUT2D eigenvalue weighted by Crippen LogP contribution is 2.40.